The topological polar surface area (TPSA) is 41.6 Å². The van der Waals surface area contributed by atoms with Gasteiger partial charge in [0.25, 0.3) is 0 Å². The van der Waals surface area contributed by atoms with Gasteiger partial charge in [0.05, 0.1) is 12.3 Å². The largest absolute Gasteiger partial charge is 0.384 e. The van der Waals surface area contributed by atoms with E-state index >= 15 is 0 Å². The lowest BCUT2D eigenvalue weighted by Crippen LogP contribution is -2.33. The van der Waals surface area contributed by atoms with Gasteiger partial charge in [0.2, 0.25) is 0 Å². The van der Waals surface area contributed by atoms with E-state index in [0.29, 0.717) is 17.5 Å². The van der Waals surface area contributed by atoms with Crippen LogP contribution in [0.25, 0.3) is 10.8 Å². The van der Waals surface area contributed by atoms with Gasteiger partial charge in [-0.2, -0.15) is 0 Å². The second-order valence-electron chi connectivity index (χ2n) is 5.63. The molecule has 0 aliphatic carbocycles. The van der Waals surface area contributed by atoms with Crippen LogP contribution in [0.2, 0.25) is 5.02 Å². The molecule has 4 nitrogen and oxygen atoms in total. The molecule has 1 saturated heterocycles. The molecule has 1 heterocycles. The molecule has 0 spiro atoms. The maximum Gasteiger partial charge on any atom is 0.321 e. The van der Waals surface area contributed by atoms with Crippen LogP contribution in [0.4, 0.5) is 10.5 Å². The highest BCUT2D eigenvalue weighted by atomic mass is 35.5. The van der Waals surface area contributed by atoms with Crippen molar-refractivity contribution in [3.05, 3.63) is 41.4 Å². The quantitative estimate of drug-likeness (QED) is 0.929. The fourth-order valence-corrected chi connectivity index (χ4v) is 3.18. The summed E-state index contributed by atoms with van der Waals surface area (Å²) in [6, 6.07) is 11.4. The van der Waals surface area contributed by atoms with Crippen LogP contribution in [0.1, 0.15) is 6.42 Å². The van der Waals surface area contributed by atoms with E-state index in [0.717, 1.165) is 36.0 Å². The van der Waals surface area contributed by atoms with Crippen molar-refractivity contribution in [3.8, 4) is 0 Å². The number of carbonyl (C=O) groups excluding carboxylic acids is 1. The lowest BCUT2D eigenvalue weighted by atomic mass is 10.1. The van der Waals surface area contributed by atoms with Gasteiger partial charge >= 0.3 is 6.03 Å². The number of urea groups is 1. The average Bonchev–Trinajstić information content (AvgIpc) is 2.99. The highest BCUT2D eigenvalue weighted by Gasteiger charge is 2.26. The zero-order valence-electron chi connectivity index (χ0n) is 12.5. The summed E-state index contributed by atoms with van der Waals surface area (Å²) in [5.41, 5.74) is 0.792. The number of nitrogens with zero attached hydrogens (tertiary/aromatic N) is 1. The fraction of sp³-hybridized carbons (Fsp3) is 0.353. The minimum absolute atomic E-state index is 0.0638. The molecule has 0 saturated carbocycles. The number of nitrogens with one attached hydrogen (secondary N) is 1. The third-order valence-corrected chi connectivity index (χ3v) is 4.42. The van der Waals surface area contributed by atoms with E-state index in [1.165, 1.54) is 0 Å². The normalized spacial score (nSPS) is 17.9. The number of hydrogen-bond donors (Lipinski definition) is 1. The van der Waals surface area contributed by atoms with Gasteiger partial charge in [-0.25, -0.2) is 4.79 Å². The number of halogens is 1. The molecule has 1 unspecified atom stereocenters. The lowest BCUT2D eigenvalue weighted by Gasteiger charge is -2.18. The van der Waals surface area contributed by atoms with Crippen molar-refractivity contribution in [1.82, 2.24) is 4.90 Å². The molecule has 2 aromatic carbocycles. The van der Waals surface area contributed by atoms with Crippen LogP contribution in [-0.2, 0) is 4.74 Å². The average molecular weight is 319 g/mol. The third kappa shape index (κ3) is 3.03. The monoisotopic (exact) mass is 318 g/mol. The SMILES string of the molecule is COCC1CCN(C(=O)Nc2ccc(Cl)c3ccccc23)C1. The molecule has 0 aromatic heterocycles. The van der Waals surface area contributed by atoms with Crippen LogP contribution in [0.5, 0.6) is 0 Å². The van der Waals surface area contributed by atoms with E-state index in [4.69, 9.17) is 16.3 Å². The molecule has 1 atom stereocenters. The van der Waals surface area contributed by atoms with Crippen LogP contribution in [0, 0.1) is 5.92 Å². The van der Waals surface area contributed by atoms with Crippen molar-refractivity contribution in [2.45, 2.75) is 6.42 Å². The van der Waals surface area contributed by atoms with Crippen molar-refractivity contribution >= 4 is 34.1 Å². The molecule has 0 radical (unpaired) electrons. The summed E-state index contributed by atoms with van der Waals surface area (Å²) >= 11 is 6.21. The highest BCUT2D eigenvalue weighted by molar-refractivity contribution is 6.36. The Morgan fingerprint density at radius 1 is 1.32 bits per heavy atom. The molecule has 2 amide bonds. The Morgan fingerprint density at radius 3 is 2.86 bits per heavy atom. The molecule has 1 fully saturated rings. The van der Waals surface area contributed by atoms with Crippen molar-refractivity contribution in [2.75, 3.05) is 32.1 Å². The molecule has 1 aliphatic rings. The smallest absolute Gasteiger partial charge is 0.321 e. The first-order chi connectivity index (χ1) is 10.7. The summed E-state index contributed by atoms with van der Waals surface area (Å²) in [6.07, 6.45) is 0.989. The Balaban J connectivity index is 1.76. The van der Waals surface area contributed by atoms with E-state index in [1.54, 1.807) is 7.11 Å². The summed E-state index contributed by atoms with van der Waals surface area (Å²) in [7, 11) is 1.70. The number of methoxy groups -OCH3 is 1. The zero-order valence-corrected chi connectivity index (χ0v) is 13.3. The first kappa shape index (κ1) is 15.1. The number of hydrogen-bond acceptors (Lipinski definition) is 2. The molecule has 1 N–H and O–H groups in total. The molecule has 3 rings (SSSR count). The predicted octanol–water partition coefficient (Wildman–Crippen LogP) is 3.99. The van der Waals surface area contributed by atoms with Gasteiger partial charge in [-0.3, -0.25) is 0 Å². The predicted molar refractivity (Wildman–Crippen MR) is 89.5 cm³/mol. The van der Waals surface area contributed by atoms with Crippen LogP contribution >= 0.6 is 11.6 Å². The van der Waals surface area contributed by atoms with Gasteiger partial charge in [-0.1, -0.05) is 35.9 Å². The van der Waals surface area contributed by atoms with E-state index in [9.17, 15) is 4.79 Å². The number of anilines is 1. The van der Waals surface area contributed by atoms with Gasteiger partial charge in [0, 0.05) is 41.9 Å². The Kier molecular flexibility index (Phi) is 4.50. The summed E-state index contributed by atoms with van der Waals surface area (Å²) in [5.74, 6) is 0.428. The second-order valence-corrected chi connectivity index (χ2v) is 6.03. The maximum atomic E-state index is 12.4. The van der Waals surface area contributed by atoms with Gasteiger partial charge in [-0.05, 0) is 18.6 Å². The summed E-state index contributed by atoms with van der Waals surface area (Å²) in [4.78, 5) is 14.3. The van der Waals surface area contributed by atoms with Crippen LogP contribution in [0.3, 0.4) is 0 Å². The first-order valence-electron chi connectivity index (χ1n) is 7.41. The Labute approximate surface area is 135 Å². The standard InChI is InChI=1S/C17H19ClN2O2/c1-22-11-12-8-9-20(10-12)17(21)19-16-7-6-15(18)13-4-2-3-5-14(13)16/h2-7,12H,8-11H2,1H3,(H,19,21). The van der Waals surface area contributed by atoms with Gasteiger partial charge in [-0.15, -0.1) is 0 Å². The van der Waals surface area contributed by atoms with Crippen molar-refractivity contribution < 1.29 is 9.53 Å². The molecular formula is C17H19ClN2O2. The number of rotatable bonds is 3. The van der Waals surface area contributed by atoms with Crippen LogP contribution in [-0.4, -0.2) is 37.7 Å². The van der Waals surface area contributed by atoms with Crippen molar-refractivity contribution in [1.29, 1.82) is 0 Å². The van der Waals surface area contributed by atoms with Crippen LogP contribution in [0.15, 0.2) is 36.4 Å². The van der Waals surface area contributed by atoms with Crippen molar-refractivity contribution in [3.63, 3.8) is 0 Å². The molecule has 22 heavy (non-hydrogen) atoms. The van der Waals surface area contributed by atoms with E-state index in [2.05, 4.69) is 5.32 Å². The lowest BCUT2D eigenvalue weighted by molar-refractivity contribution is 0.154. The number of benzene rings is 2. The van der Waals surface area contributed by atoms with Gasteiger partial charge in [0.1, 0.15) is 0 Å². The van der Waals surface area contributed by atoms with E-state index in [1.807, 2.05) is 41.3 Å². The van der Waals surface area contributed by atoms with Crippen LogP contribution < -0.4 is 5.32 Å². The number of fused-ring (bicyclic) bond motifs is 1. The number of carbonyl (C=O) groups is 1. The fourth-order valence-electron chi connectivity index (χ4n) is 2.95. The summed E-state index contributed by atoms with van der Waals surface area (Å²) in [5, 5.41) is 5.59. The van der Waals surface area contributed by atoms with Gasteiger partial charge in [0.15, 0.2) is 0 Å². The Morgan fingerprint density at radius 2 is 2.09 bits per heavy atom. The number of ether oxygens (including phenoxy) is 1. The Bertz CT molecular complexity index is 689. The number of amides is 2. The highest BCUT2D eigenvalue weighted by Crippen LogP contribution is 2.30. The first-order valence-corrected chi connectivity index (χ1v) is 7.79. The second kappa shape index (κ2) is 6.55. The molecule has 2 aromatic rings. The summed E-state index contributed by atoms with van der Waals surface area (Å²) < 4.78 is 5.17. The third-order valence-electron chi connectivity index (χ3n) is 4.09. The van der Waals surface area contributed by atoms with Crippen molar-refractivity contribution in [2.24, 2.45) is 5.92 Å². The Hall–Kier alpha value is -1.78. The molecule has 5 heteroatoms. The van der Waals surface area contributed by atoms with E-state index in [-0.39, 0.29) is 6.03 Å². The number of likely N-dealkylation sites (tertiary alicyclic amines) is 1. The molecule has 1 aliphatic heterocycles. The minimum Gasteiger partial charge on any atom is -0.384 e. The molecular weight excluding hydrogens is 300 g/mol. The van der Waals surface area contributed by atoms with E-state index < -0.39 is 0 Å². The summed E-state index contributed by atoms with van der Waals surface area (Å²) in [6.45, 7) is 2.21. The minimum atomic E-state index is -0.0638. The molecule has 116 valence electrons. The maximum absolute atomic E-state index is 12.4. The van der Waals surface area contributed by atoms with Gasteiger partial charge < -0.3 is 15.0 Å². The zero-order chi connectivity index (χ0) is 15.5. The molecule has 0 bridgehead atoms.